The number of amides is 3. The van der Waals surface area contributed by atoms with Crippen molar-refractivity contribution in [2.24, 2.45) is 5.73 Å². The largest absolute Gasteiger partial charge is 0.478 e. The first-order valence-electron chi connectivity index (χ1n) is 21.0. The van der Waals surface area contributed by atoms with Crippen LogP contribution >= 0.6 is 0 Å². The van der Waals surface area contributed by atoms with E-state index in [2.05, 4.69) is 34.0 Å². The first-order valence-corrected chi connectivity index (χ1v) is 21.0. The van der Waals surface area contributed by atoms with Gasteiger partial charge in [0.05, 0.1) is 34.1 Å². The zero-order chi connectivity index (χ0) is 46.6. The summed E-state index contributed by atoms with van der Waals surface area (Å²) < 4.78 is 11.7. The molecule has 4 aromatic carbocycles. The van der Waals surface area contributed by atoms with Gasteiger partial charge in [-0.15, -0.1) is 0 Å². The molecule has 0 saturated carbocycles. The molecule has 0 bridgehead atoms. The number of anilines is 2. The van der Waals surface area contributed by atoms with E-state index in [0.717, 1.165) is 11.3 Å². The average molecular weight is 883 g/mol. The van der Waals surface area contributed by atoms with Gasteiger partial charge in [-0.05, 0) is 121 Å². The lowest BCUT2D eigenvalue weighted by Crippen LogP contribution is -2.48. The third-order valence-corrected chi connectivity index (χ3v) is 10.9. The van der Waals surface area contributed by atoms with Crippen molar-refractivity contribution < 1.29 is 33.8 Å². The number of primary amides is 1. The molecule has 6 aromatic rings. The number of aromatic nitrogens is 2. The second kappa shape index (κ2) is 21.1. The number of benzene rings is 4. The molecule has 15 nitrogen and oxygen atoms in total. The summed E-state index contributed by atoms with van der Waals surface area (Å²) in [5.74, 6) is 2.21. The molecule has 2 aromatic heterocycles. The van der Waals surface area contributed by atoms with E-state index in [1.54, 1.807) is 94.7 Å². The topological polar surface area (TPSA) is 196 Å². The lowest BCUT2D eigenvalue weighted by atomic mass is 10.0. The smallest absolute Gasteiger partial charge is 0.337 e. The maximum absolute atomic E-state index is 12.1. The molecular formula is C51H46N8O7. The molecule has 15 heteroatoms. The van der Waals surface area contributed by atoms with Crippen LogP contribution in [0.4, 0.5) is 11.6 Å². The number of carbonyl (C=O) groups excluding carboxylic acids is 3. The normalized spacial score (nSPS) is 13.3. The number of hydrogen-bond acceptors (Lipinski definition) is 11. The van der Waals surface area contributed by atoms with Crippen LogP contribution in [0.1, 0.15) is 26.3 Å². The molecule has 2 aliphatic rings. The molecular weight excluding hydrogens is 837 g/mol. The Balaban J connectivity index is 0.000000197. The predicted molar refractivity (Wildman–Crippen MR) is 251 cm³/mol. The highest BCUT2D eigenvalue weighted by atomic mass is 16.5. The van der Waals surface area contributed by atoms with E-state index in [-0.39, 0.29) is 17.4 Å². The summed E-state index contributed by atoms with van der Waals surface area (Å²) >= 11 is 0. The Labute approximate surface area is 381 Å². The molecule has 3 N–H and O–H groups in total. The van der Waals surface area contributed by atoms with Gasteiger partial charge in [0, 0.05) is 63.5 Å². The number of carboxylic acids is 1. The van der Waals surface area contributed by atoms with Gasteiger partial charge in [0.15, 0.2) is 0 Å². The van der Waals surface area contributed by atoms with Crippen molar-refractivity contribution in [3.8, 4) is 51.6 Å². The minimum Gasteiger partial charge on any atom is -0.478 e. The first kappa shape index (κ1) is 45.3. The third kappa shape index (κ3) is 11.1. The number of para-hydroxylation sites is 1. The summed E-state index contributed by atoms with van der Waals surface area (Å²) in [4.78, 5) is 64.5. The number of carbonyl (C=O) groups is 4. The van der Waals surface area contributed by atoms with Crippen LogP contribution < -0.4 is 25.0 Å². The summed E-state index contributed by atoms with van der Waals surface area (Å²) in [7, 11) is 0. The summed E-state index contributed by atoms with van der Waals surface area (Å²) in [6.07, 6.45) is 2.64. The van der Waals surface area contributed by atoms with Crippen LogP contribution in [0, 0.1) is 11.3 Å². The van der Waals surface area contributed by atoms with Gasteiger partial charge >= 0.3 is 5.97 Å². The Morgan fingerprint density at radius 2 is 0.955 bits per heavy atom. The number of nitriles is 1. The molecule has 3 amide bonds. The lowest BCUT2D eigenvalue weighted by Gasteiger charge is -2.35. The highest BCUT2D eigenvalue weighted by Gasteiger charge is 2.24. The second-order valence-electron chi connectivity index (χ2n) is 15.0. The average Bonchev–Trinajstić information content (AvgIpc) is 3.36. The Morgan fingerprint density at radius 3 is 1.35 bits per heavy atom. The number of piperazine rings is 2. The fourth-order valence-corrected chi connectivity index (χ4v) is 7.35. The zero-order valence-electron chi connectivity index (χ0n) is 36.0. The fourth-order valence-electron chi connectivity index (χ4n) is 7.35. The number of nitrogens with two attached hydrogens (primary N) is 1. The predicted octanol–water partition coefficient (Wildman–Crippen LogP) is 7.42. The van der Waals surface area contributed by atoms with Gasteiger partial charge in [0.1, 0.15) is 34.6 Å². The number of hydrogen-bond donors (Lipinski definition) is 2. The van der Waals surface area contributed by atoms with Crippen molar-refractivity contribution in [2.45, 2.75) is 0 Å². The Morgan fingerprint density at radius 1 is 0.561 bits per heavy atom. The fraction of sp³-hybridized carbons (Fsp3) is 0.157. The number of ether oxygens (including phenoxy) is 2. The summed E-state index contributed by atoms with van der Waals surface area (Å²) in [6, 6.07) is 39.5. The van der Waals surface area contributed by atoms with Gasteiger partial charge < -0.3 is 39.9 Å². The monoisotopic (exact) mass is 882 g/mol. The molecule has 0 unspecified atom stereocenters. The number of pyridine rings is 2. The molecule has 8 rings (SSSR count). The van der Waals surface area contributed by atoms with Crippen LogP contribution in [0.2, 0.25) is 0 Å². The first-order chi connectivity index (χ1) is 32.0. The highest BCUT2D eigenvalue weighted by molar-refractivity contribution is 5.99. The molecule has 4 heterocycles. The standard InChI is InChI=1S/C26H23N5O3.C25H23N3O4/c1-2-24(32)31-15-13-30(14-16-31)23-12-11-22(26(28)33)25(29-23)19-5-9-21(10-6-19)34-20-7-3-18(17-27)4-8-20;1-2-23(29)28-16-14-27(15-17-28)22-13-12-21(25(30)31)24(26-22)18-8-10-20(11-9-18)32-19-6-4-3-5-7-19/h2-12H,1,13-16H2,(H2,28,33);2-13H,1,14-17H2,(H,30,31). The minimum absolute atomic E-state index is 0.0827. The summed E-state index contributed by atoms with van der Waals surface area (Å²) in [5, 5.41) is 18.6. The van der Waals surface area contributed by atoms with Crippen LogP contribution in [0.15, 0.2) is 153 Å². The Kier molecular flexibility index (Phi) is 14.4. The number of carboxylic acid groups (broad SMARTS) is 1. The van der Waals surface area contributed by atoms with Crippen LogP contribution in [0.5, 0.6) is 23.0 Å². The van der Waals surface area contributed by atoms with Crippen molar-refractivity contribution in [1.82, 2.24) is 19.8 Å². The van der Waals surface area contributed by atoms with Crippen molar-refractivity contribution >= 4 is 35.3 Å². The third-order valence-electron chi connectivity index (χ3n) is 10.9. The molecule has 2 aliphatic heterocycles. The molecule has 2 fully saturated rings. The van der Waals surface area contributed by atoms with E-state index in [0.29, 0.717) is 109 Å². The van der Waals surface area contributed by atoms with E-state index in [1.165, 1.54) is 12.2 Å². The van der Waals surface area contributed by atoms with Gasteiger partial charge in [-0.25, -0.2) is 14.8 Å². The van der Waals surface area contributed by atoms with E-state index in [9.17, 15) is 24.3 Å². The van der Waals surface area contributed by atoms with Gasteiger partial charge in [-0.2, -0.15) is 5.26 Å². The van der Waals surface area contributed by atoms with E-state index in [4.69, 9.17) is 25.5 Å². The molecule has 66 heavy (non-hydrogen) atoms. The highest BCUT2D eigenvalue weighted by Crippen LogP contribution is 2.31. The van der Waals surface area contributed by atoms with Crippen LogP contribution in [-0.2, 0) is 9.59 Å². The summed E-state index contributed by atoms with van der Waals surface area (Å²) in [5.41, 5.74) is 8.91. The molecule has 0 aliphatic carbocycles. The van der Waals surface area contributed by atoms with E-state index < -0.39 is 11.9 Å². The van der Waals surface area contributed by atoms with E-state index >= 15 is 0 Å². The van der Waals surface area contributed by atoms with Crippen LogP contribution in [-0.4, -0.2) is 101 Å². The summed E-state index contributed by atoms with van der Waals surface area (Å²) in [6.45, 7) is 11.8. The Bertz CT molecular complexity index is 2760. The molecule has 0 atom stereocenters. The SMILES string of the molecule is C=CC(=O)N1CCN(c2ccc(C(=O)O)c(-c3ccc(Oc4ccccc4)cc3)n2)CC1.C=CC(=O)N1CCN(c2ccc(C(N)=O)c(-c3ccc(Oc4ccc(C#N)cc4)cc3)n2)CC1. The Hall–Kier alpha value is -8.77. The van der Waals surface area contributed by atoms with Crippen molar-refractivity contribution in [3.05, 3.63) is 169 Å². The van der Waals surface area contributed by atoms with Gasteiger partial charge in [-0.1, -0.05) is 31.4 Å². The number of nitrogens with zero attached hydrogens (tertiary/aromatic N) is 7. The van der Waals surface area contributed by atoms with Crippen molar-refractivity contribution in [2.75, 3.05) is 62.2 Å². The van der Waals surface area contributed by atoms with Crippen molar-refractivity contribution in [1.29, 1.82) is 5.26 Å². The second-order valence-corrected chi connectivity index (χ2v) is 15.0. The minimum atomic E-state index is -1.04. The number of rotatable bonds is 12. The maximum Gasteiger partial charge on any atom is 0.337 e. The van der Waals surface area contributed by atoms with Crippen molar-refractivity contribution in [3.63, 3.8) is 0 Å². The van der Waals surface area contributed by atoms with Gasteiger partial charge in [0.25, 0.3) is 5.91 Å². The zero-order valence-corrected chi connectivity index (χ0v) is 36.0. The van der Waals surface area contributed by atoms with Crippen LogP contribution in [0.25, 0.3) is 22.5 Å². The van der Waals surface area contributed by atoms with Gasteiger partial charge in [-0.3, -0.25) is 14.4 Å². The lowest BCUT2D eigenvalue weighted by molar-refractivity contribution is -0.127. The maximum atomic E-state index is 12.1. The molecule has 0 spiro atoms. The van der Waals surface area contributed by atoms with Crippen LogP contribution in [0.3, 0.4) is 0 Å². The molecule has 2 saturated heterocycles. The quantitative estimate of drug-likeness (QED) is 0.116. The number of aromatic carboxylic acids is 1. The van der Waals surface area contributed by atoms with E-state index in [1.807, 2.05) is 42.5 Å². The van der Waals surface area contributed by atoms with Gasteiger partial charge in [0.2, 0.25) is 11.8 Å². The molecule has 0 radical (unpaired) electrons. The molecule has 332 valence electrons.